The van der Waals surface area contributed by atoms with E-state index >= 15 is 0 Å². The lowest BCUT2D eigenvalue weighted by Gasteiger charge is -2.32. The van der Waals surface area contributed by atoms with Crippen molar-refractivity contribution in [2.75, 3.05) is 19.8 Å². The second-order valence-electron chi connectivity index (χ2n) is 9.59. The maximum atomic E-state index is 13.9. The van der Waals surface area contributed by atoms with Gasteiger partial charge in [0.15, 0.2) is 11.6 Å². The lowest BCUT2D eigenvalue weighted by Crippen LogP contribution is -2.52. The summed E-state index contributed by atoms with van der Waals surface area (Å²) in [5.74, 6) is -0.541. The van der Waals surface area contributed by atoms with Gasteiger partial charge >= 0.3 is 6.18 Å². The van der Waals surface area contributed by atoms with Crippen molar-refractivity contribution in [3.63, 3.8) is 0 Å². The van der Waals surface area contributed by atoms with Gasteiger partial charge in [0.1, 0.15) is 12.3 Å². The van der Waals surface area contributed by atoms with Gasteiger partial charge in [-0.05, 0) is 53.1 Å². The number of halogens is 5. The van der Waals surface area contributed by atoms with Gasteiger partial charge in [0, 0.05) is 45.5 Å². The minimum absolute atomic E-state index is 0.00684. The zero-order valence-electron chi connectivity index (χ0n) is 22.5. The Balaban J connectivity index is 1.85. The average Bonchev–Trinajstić information content (AvgIpc) is 3.35. The Morgan fingerprint density at radius 3 is 2.51 bits per heavy atom. The van der Waals surface area contributed by atoms with Crippen LogP contribution in [0.4, 0.5) is 13.2 Å². The standard InChI is InChI=1S/C29H26Cl2F3N5O4/c30-21-8-11-23(24(31)14-21)25-28(27(41)36-17-29(32,33)34,15-19-4-1-2-5-20(19)16-37-39-35)38-26(43-25)18-6-9-22(10-7-18)42-13-3-12-40/h1-2,4-11,14,25,40H,3,12-13,15-17H2,(H,36,41)/t25-,28-/m1/s1. The quantitative estimate of drug-likeness (QED) is 0.0987. The number of benzene rings is 3. The highest BCUT2D eigenvalue weighted by atomic mass is 35.5. The maximum absolute atomic E-state index is 13.9. The van der Waals surface area contributed by atoms with Gasteiger partial charge in [-0.3, -0.25) is 4.79 Å². The number of alkyl halides is 3. The van der Waals surface area contributed by atoms with E-state index < -0.39 is 30.3 Å². The molecular weight excluding hydrogens is 610 g/mol. The van der Waals surface area contributed by atoms with Crippen LogP contribution in [0.25, 0.3) is 10.4 Å². The molecular formula is C29H26Cl2F3N5O4. The van der Waals surface area contributed by atoms with Gasteiger partial charge in [0.2, 0.25) is 5.90 Å². The summed E-state index contributed by atoms with van der Waals surface area (Å²) in [6.07, 6.45) is -5.74. The summed E-state index contributed by atoms with van der Waals surface area (Å²) in [4.78, 5) is 21.4. The predicted octanol–water partition coefficient (Wildman–Crippen LogP) is 6.74. The Hall–Kier alpha value is -3.96. The third-order valence-corrected chi connectivity index (χ3v) is 7.17. The smallest absolute Gasteiger partial charge is 0.405 e. The van der Waals surface area contributed by atoms with E-state index in [4.69, 9.17) is 43.3 Å². The number of ether oxygens (including phenoxy) is 2. The first-order valence-electron chi connectivity index (χ1n) is 13.0. The fourth-order valence-corrected chi connectivity index (χ4v) is 5.10. The van der Waals surface area contributed by atoms with Crippen molar-refractivity contribution in [2.24, 2.45) is 10.1 Å². The van der Waals surface area contributed by atoms with Crippen LogP contribution in [0.15, 0.2) is 76.8 Å². The molecule has 0 fully saturated rings. The van der Waals surface area contributed by atoms with Crippen molar-refractivity contribution in [3.8, 4) is 5.75 Å². The van der Waals surface area contributed by atoms with Crippen LogP contribution in [0.2, 0.25) is 10.0 Å². The second kappa shape index (κ2) is 14.0. The van der Waals surface area contributed by atoms with Gasteiger partial charge in [-0.15, -0.1) is 0 Å². The van der Waals surface area contributed by atoms with E-state index in [9.17, 15) is 18.0 Å². The Labute approximate surface area is 254 Å². The molecule has 14 heteroatoms. The van der Waals surface area contributed by atoms with E-state index in [2.05, 4.69) is 15.0 Å². The summed E-state index contributed by atoms with van der Waals surface area (Å²) in [6, 6.07) is 17.8. The number of nitrogens with one attached hydrogen (secondary N) is 1. The molecule has 43 heavy (non-hydrogen) atoms. The molecule has 0 unspecified atom stereocenters. The number of aliphatic imine (C=N–C) groups is 1. The van der Waals surface area contributed by atoms with Crippen LogP contribution >= 0.6 is 23.2 Å². The Morgan fingerprint density at radius 1 is 1.14 bits per heavy atom. The molecule has 4 rings (SSSR count). The van der Waals surface area contributed by atoms with Gasteiger partial charge in [0.25, 0.3) is 5.91 Å². The molecule has 1 aliphatic heterocycles. The van der Waals surface area contributed by atoms with E-state index in [0.717, 1.165) is 0 Å². The molecule has 0 spiro atoms. The molecule has 0 saturated heterocycles. The van der Waals surface area contributed by atoms with Crippen molar-refractivity contribution < 1.29 is 32.5 Å². The van der Waals surface area contributed by atoms with Gasteiger partial charge in [-0.25, -0.2) is 4.99 Å². The Morgan fingerprint density at radius 2 is 1.86 bits per heavy atom. The number of aliphatic hydroxyl groups excluding tert-OH is 1. The van der Waals surface area contributed by atoms with Crippen LogP contribution in [-0.4, -0.2) is 48.4 Å². The van der Waals surface area contributed by atoms with Crippen LogP contribution in [0.5, 0.6) is 5.75 Å². The molecule has 1 heterocycles. The van der Waals surface area contributed by atoms with Gasteiger partial charge < -0.3 is 19.9 Å². The number of nitrogens with zero attached hydrogens (tertiary/aromatic N) is 4. The van der Waals surface area contributed by atoms with Crippen LogP contribution in [0.3, 0.4) is 0 Å². The largest absolute Gasteiger partial charge is 0.494 e. The first-order chi connectivity index (χ1) is 20.6. The van der Waals surface area contributed by atoms with Crippen LogP contribution < -0.4 is 10.1 Å². The zero-order valence-corrected chi connectivity index (χ0v) is 24.0. The highest BCUT2D eigenvalue weighted by molar-refractivity contribution is 6.35. The second-order valence-corrected chi connectivity index (χ2v) is 10.4. The van der Waals surface area contributed by atoms with Crippen molar-refractivity contribution in [3.05, 3.63) is 109 Å². The molecule has 0 aromatic heterocycles. The molecule has 0 saturated carbocycles. The summed E-state index contributed by atoms with van der Waals surface area (Å²) in [5, 5.41) is 15.0. The topological polar surface area (TPSA) is 129 Å². The van der Waals surface area contributed by atoms with Crippen molar-refractivity contribution in [1.29, 1.82) is 0 Å². The summed E-state index contributed by atoms with van der Waals surface area (Å²) in [6.45, 7) is -1.39. The lowest BCUT2D eigenvalue weighted by molar-refractivity contribution is -0.143. The number of carbonyl (C=O) groups excluding carboxylic acids is 1. The van der Waals surface area contributed by atoms with E-state index in [1.54, 1.807) is 48.5 Å². The number of carbonyl (C=O) groups is 1. The third kappa shape index (κ3) is 7.91. The monoisotopic (exact) mass is 635 g/mol. The van der Waals surface area contributed by atoms with Gasteiger partial charge in [-0.1, -0.05) is 58.6 Å². The minimum Gasteiger partial charge on any atom is -0.494 e. The molecule has 226 valence electrons. The van der Waals surface area contributed by atoms with E-state index in [-0.39, 0.29) is 36.1 Å². The zero-order chi connectivity index (χ0) is 31.0. The molecule has 0 aliphatic carbocycles. The fraction of sp³-hybridized carbons (Fsp3) is 0.310. The molecule has 0 radical (unpaired) electrons. The first-order valence-corrected chi connectivity index (χ1v) is 13.8. The highest BCUT2D eigenvalue weighted by Crippen LogP contribution is 2.45. The molecule has 1 amide bonds. The number of hydrogen-bond acceptors (Lipinski definition) is 6. The number of hydrogen-bond donors (Lipinski definition) is 2. The molecule has 2 N–H and O–H groups in total. The number of aliphatic hydroxyl groups is 1. The van der Waals surface area contributed by atoms with E-state index in [0.29, 0.717) is 40.5 Å². The molecule has 3 aromatic rings. The summed E-state index contributed by atoms with van der Waals surface area (Å²) in [7, 11) is 0. The van der Waals surface area contributed by atoms with E-state index in [1.165, 1.54) is 18.2 Å². The number of azide groups is 1. The first kappa shape index (κ1) is 32.0. The van der Waals surface area contributed by atoms with Crippen molar-refractivity contribution in [2.45, 2.75) is 37.2 Å². The fourth-order valence-electron chi connectivity index (χ4n) is 4.59. The van der Waals surface area contributed by atoms with Crippen LogP contribution in [0.1, 0.15) is 34.8 Å². The Kier molecular flexibility index (Phi) is 10.4. The molecule has 9 nitrogen and oxygen atoms in total. The Bertz CT molecular complexity index is 1530. The third-order valence-electron chi connectivity index (χ3n) is 6.61. The van der Waals surface area contributed by atoms with Gasteiger partial charge in [-0.2, -0.15) is 13.2 Å². The van der Waals surface area contributed by atoms with Crippen LogP contribution in [-0.2, 0) is 22.5 Å². The molecule has 0 bridgehead atoms. The van der Waals surface area contributed by atoms with Gasteiger partial charge in [0.05, 0.1) is 13.2 Å². The molecule has 1 aliphatic rings. The average molecular weight is 636 g/mol. The summed E-state index contributed by atoms with van der Waals surface area (Å²) >= 11 is 12.7. The molecule has 3 aromatic carbocycles. The molecule has 2 atom stereocenters. The van der Waals surface area contributed by atoms with Crippen LogP contribution in [0, 0.1) is 0 Å². The lowest BCUT2D eigenvalue weighted by atomic mass is 9.80. The van der Waals surface area contributed by atoms with Crippen molar-refractivity contribution >= 4 is 35.0 Å². The van der Waals surface area contributed by atoms with E-state index in [1.807, 2.05) is 5.32 Å². The summed E-state index contributed by atoms with van der Waals surface area (Å²) < 4.78 is 51.7. The number of amides is 1. The normalized spacial score (nSPS) is 17.9. The highest BCUT2D eigenvalue weighted by Gasteiger charge is 2.54. The SMILES string of the molecule is [N-]=[N+]=NCc1ccccc1C[C@@]1(C(=O)NCC(F)(F)F)N=C(c2ccc(OCCCO)cc2)O[C@@H]1c1ccc(Cl)cc1Cl. The predicted molar refractivity (Wildman–Crippen MR) is 155 cm³/mol. The summed E-state index contributed by atoms with van der Waals surface area (Å²) in [5.41, 5.74) is 8.67. The maximum Gasteiger partial charge on any atom is 0.405 e. The minimum atomic E-state index is -4.69. The number of rotatable bonds is 12. The van der Waals surface area contributed by atoms with Crippen molar-refractivity contribution in [1.82, 2.24) is 5.32 Å².